The molecular formula is C16H21ClN4O2S. The third kappa shape index (κ3) is 2.78. The van der Waals surface area contributed by atoms with Crippen LogP contribution in [0.5, 0.6) is 0 Å². The lowest BCUT2D eigenvalue weighted by Crippen LogP contribution is -2.50. The van der Waals surface area contributed by atoms with Crippen molar-refractivity contribution in [2.75, 3.05) is 13.2 Å². The number of likely N-dealkylation sites (tertiary alicyclic amines) is 1. The molecule has 2 aromatic rings. The molecule has 0 amide bonds. The fraction of sp³-hybridized carbons (Fsp3) is 0.625. The molecule has 2 aliphatic heterocycles. The molecule has 2 aliphatic rings. The number of thiophene rings is 1. The monoisotopic (exact) mass is 368 g/mol. The topological polar surface area (TPSA) is 63.4 Å². The molecule has 1 saturated heterocycles. The maximum Gasteiger partial charge on any atom is 0.105 e. The highest BCUT2D eigenvalue weighted by Crippen LogP contribution is 2.50. The summed E-state index contributed by atoms with van der Waals surface area (Å²) in [6.45, 7) is 4.28. The van der Waals surface area contributed by atoms with Gasteiger partial charge in [0.25, 0.3) is 0 Å². The molecule has 6 nitrogen and oxygen atoms in total. The number of hydrogen-bond acceptors (Lipinski definition) is 6. The smallest absolute Gasteiger partial charge is 0.105 e. The van der Waals surface area contributed by atoms with E-state index < -0.39 is 6.10 Å². The Morgan fingerprint density at radius 1 is 1.54 bits per heavy atom. The fourth-order valence-electron chi connectivity index (χ4n) is 3.87. The van der Waals surface area contributed by atoms with Crippen LogP contribution in [0.25, 0.3) is 0 Å². The van der Waals surface area contributed by atoms with Crippen LogP contribution < -0.4 is 0 Å². The third-order valence-corrected chi connectivity index (χ3v) is 6.55. The van der Waals surface area contributed by atoms with Gasteiger partial charge in [-0.05, 0) is 25.8 Å². The van der Waals surface area contributed by atoms with Gasteiger partial charge < -0.3 is 9.84 Å². The Balaban J connectivity index is 1.55. The van der Waals surface area contributed by atoms with Gasteiger partial charge in [-0.3, -0.25) is 9.58 Å². The van der Waals surface area contributed by atoms with Gasteiger partial charge in [0, 0.05) is 42.8 Å². The molecule has 0 unspecified atom stereocenters. The summed E-state index contributed by atoms with van der Waals surface area (Å²) in [5.41, 5.74) is 1.62. The molecule has 0 aromatic carbocycles. The number of aliphatic hydroxyl groups is 1. The Labute approximate surface area is 150 Å². The Morgan fingerprint density at radius 2 is 2.38 bits per heavy atom. The van der Waals surface area contributed by atoms with E-state index in [1.807, 2.05) is 19.3 Å². The molecule has 4 rings (SSSR count). The number of aliphatic hydroxyl groups excluding tert-OH is 1. The van der Waals surface area contributed by atoms with Gasteiger partial charge in [0.15, 0.2) is 0 Å². The van der Waals surface area contributed by atoms with Gasteiger partial charge >= 0.3 is 0 Å². The molecule has 130 valence electrons. The Bertz CT molecular complexity index is 748. The minimum Gasteiger partial charge on any atom is -0.386 e. The van der Waals surface area contributed by atoms with Gasteiger partial charge in [0.05, 0.1) is 16.6 Å². The number of hydrogen-bond donors (Lipinski definition) is 1. The average molecular weight is 369 g/mol. The van der Waals surface area contributed by atoms with Gasteiger partial charge in [-0.2, -0.15) is 0 Å². The van der Waals surface area contributed by atoms with E-state index in [0.717, 1.165) is 46.4 Å². The first-order chi connectivity index (χ1) is 11.5. The molecule has 24 heavy (non-hydrogen) atoms. The van der Waals surface area contributed by atoms with Crippen molar-refractivity contribution in [1.29, 1.82) is 0 Å². The van der Waals surface area contributed by atoms with Crippen molar-refractivity contribution in [3.8, 4) is 0 Å². The molecule has 4 heterocycles. The van der Waals surface area contributed by atoms with Crippen LogP contribution >= 0.6 is 22.9 Å². The molecule has 1 spiro atoms. The van der Waals surface area contributed by atoms with E-state index in [1.54, 1.807) is 16.0 Å². The average Bonchev–Trinajstić information content (AvgIpc) is 3.13. The van der Waals surface area contributed by atoms with Crippen LogP contribution in [0.1, 0.15) is 42.0 Å². The molecule has 2 aromatic heterocycles. The van der Waals surface area contributed by atoms with Crippen LogP contribution in [0, 0.1) is 0 Å². The largest absolute Gasteiger partial charge is 0.386 e. The highest BCUT2D eigenvalue weighted by atomic mass is 35.5. The van der Waals surface area contributed by atoms with E-state index >= 15 is 0 Å². The summed E-state index contributed by atoms with van der Waals surface area (Å²) in [7, 11) is 1.88. The summed E-state index contributed by atoms with van der Waals surface area (Å²) in [5.74, 6) is 0. The van der Waals surface area contributed by atoms with E-state index in [0.29, 0.717) is 12.6 Å². The Morgan fingerprint density at radius 3 is 3.08 bits per heavy atom. The number of aryl methyl sites for hydroxylation is 1. The van der Waals surface area contributed by atoms with Crippen LogP contribution in [-0.2, 0) is 23.9 Å². The van der Waals surface area contributed by atoms with Crippen molar-refractivity contribution in [2.45, 2.75) is 44.1 Å². The maximum absolute atomic E-state index is 10.2. The van der Waals surface area contributed by atoms with Gasteiger partial charge in [-0.15, -0.1) is 16.4 Å². The summed E-state index contributed by atoms with van der Waals surface area (Å²) in [6, 6.07) is 2.25. The van der Waals surface area contributed by atoms with Gasteiger partial charge in [0.1, 0.15) is 11.7 Å². The minimum atomic E-state index is -0.567. The minimum absolute atomic E-state index is 0.315. The second-order valence-electron chi connectivity index (χ2n) is 6.81. The zero-order valence-electron chi connectivity index (χ0n) is 13.8. The van der Waals surface area contributed by atoms with Crippen molar-refractivity contribution < 1.29 is 9.84 Å². The first kappa shape index (κ1) is 16.5. The second-order valence-corrected chi connectivity index (χ2v) is 8.50. The molecule has 1 fully saturated rings. The normalized spacial score (nSPS) is 30.7. The van der Waals surface area contributed by atoms with Crippen molar-refractivity contribution in [3.05, 3.63) is 32.7 Å². The first-order valence-electron chi connectivity index (χ1n) is 8.18. The Kier molecular flexibility index (Phi) is 4.17. The van der Waals surface area contributed by atoms with E-state index in [-0.39, 0.29) is 5.60 Å². The van der Waals surface area contributed by atoms with Crippen molar-refractivity contribution >= 4 is 22.9 Å². The molecule has 3 atom stereocenters. The van der Waals surface area contributed by atoms with E-state index in [4.69, 9.17) is 16.3 Å². The zero-order valence-corrected chi connectivity index (χ0v) is 15.3. The maximum atomic E-state index is 10.2. The van der Waals surface area contributed by atoms with Crippen molar-refractivity contribution in [3.63, 3.8) is 0 Å². The predicted octanol–water partition coefficient (Wildman–Crippen LogP) is 2.47. The third-order valence-electron chi connectivity index (χ3n) is 5.09. The molecule has 0 aliphatic carbocycles. The van der Waals surface area contributed by atoms with Crippen LogP contribution in [-0.4, -0.2) is 44.2 Å². The lowest BCUT2D eigenvalue weighted by Gasteiger charge is -2.47. The first-order valence-corrected chi connectivity index (χ1v) is 9.37. The highest BCUT2D eigenvalue weighted by Gasteiger charge is 2.46. The number of aromatic nitrogens is 3. The fourth-order valence-corrected chi connectivity index (χ4v) is 5.35. The summed E-state index contributed by atoms with van der Waals surface area (Å²) in [5, 5.41) is 18.4. The number of piperidine rings is 1. The van der Waals surface area contributed by atoms with Crippen LogP contribution in [0.2, 0.25) is 4.34 Å². The van der Waals surface area contributed by atoms with E-state index in [2.05, 4.69) is 22.1 Å². The molecule has 0 bridgehead atoms. The zero-order chi connectivity index (χ0) is 16.9. The number of rotatable bonds is 2. The van der Waals surface area contributed by atoms with Gasteiger partial charge in [0.2, 0.25) is 0 Å². The van der Waals surface area contributed by atoms with Gasteiger partial charge in [-0.1, -0.05) is 16.8 Å². The number of fused-ring (bicyclic) bond motifs is 2. The van der Waals surface area contributed by atoms with Gasteiger partial charge in [-0.25, -0.2) is 0 Å². The Hall–Kier alpha value is -0.990. The number of ether oxygens (including phenoxy) is 1. The van der Waals surface area contributed by atoms with E-state index in [1.165, 1.54) is 0 Å². The number of halogens is 1. The molecule has 0 saturated carbocycles. The predicted molar refractivity (Wildman–Crippen MR) is 92.0 cm³/mol. The van der Waals surface area contributed by atoms with Crippen LogP contribution in [0.4, 0.5) is 0 Å². The lowest BCUT2D eigenvalue weighted by molar-refractivity contribution is -0.139. The SMILES string of the molecule is C[C@H]1C[C@@]2(CCN1Cc1cn(C)nn1)OC[C@H](O)c1cc(Cl)sc12. The lowest BCUT2D eigenvalue weighted by atomic mass is 9.81. The molecular weight excluding hydrogens is 348 g/mol. The van der Waals surface area contributed by atoms with Crippen molar-refractivity contribution in [2.24, 2.45) is 7.05 Å². The summed E-state index contributed by atoms with van der Waals surface area (Å²) >= 11 is 7.76. The molecule has 1 N–H and O–H groups in total. The van der Waals surface area contributed by atoms with Crippen molar-refractivity contribution in [1.82, 2.24) is 19.9 Å². The number of nitrogens with zero attached hydrogens (tertiary/aromatic N) is 4. The summed E-state index contributed by atoms with van der Waals surface area (Å²) in [6.07, 6.45) is 3.18. The standard InChI is InChI=1S/C16H21ClN4O2S/c1-10-6-16(3-4-21(10)8-11-7-20(2)19-18-11)15-12(5-14(17)24-15)13(22)9-23-16/h5,7,10,13,22H,3-4,6,8-9H2,1-2H3/t10-,13-,16+/m0/s1. The summed E-state index contributed by atoms with van der Waals surface area (Å²) < 4.78 is 8.63. The van der Waals surface area contributed by atoms with E-state index in [9.17, 15) is 5.11 Å². The second kappa shape index (κ2) is 6.07. The van der Waals surface area contributed by atoms with Crippen LogP contribution in [0.15, 0.2) is 12.3 Å². The summed E-state index contributed by atoms with van der Waals surface area (Å²) in [4.78, 5) is 3.52. The highest BCUT2D eigenvalue weighted by molar-refractivity contribution is 7.16. The quantitative estimate of drug-likeness (QED) is 0.882. The molecule has 8 heteroatoms. The molecule has 0 radical (unpaired) electrons. The van der Waals surface area contributed by atoms with Crippen LogP contribution in [0.3, 0.4) is 0 Å².